The third-order valence-electron chi connectivity index (χ3n) is 3.30. The van der Waals surface area contributed by atoms with Crippen LogP contribution in [0.1, 0.15) is 25.8 Å². The minimum absolute atomic E-state index is 0.0636. The van der Waals surface area contributed by atoms with Crippen LogP contribution in [0.4, 0.5) is 5.69 Å². The van der Waals surface area contributed by atoms with Crippen LogP contribution in [-0.4, -0.2) is 24.4 Å². The molecule has 1 heterocycles. The van der Waals surface area contributed by atoms with E-state index in [1.165, 1.54) is 0 Å². The number of aryl methyl sites for hydroxylation is 1. The standard InChI is InChI=1S/C15H20N2O2/c1-10(2)16-14(18)13-8-9-17(15(13)19)12-6-4-11(3)5-7-12/h4-7,10,13H,8-9H2,1-3H3,(H,16,18). The molecule has 1 aromatic rings. The molecule has 2 amide bonds. The molecular formula is C15H20N2O2. The Morgan fingerprint density at radius 3 is 2.53 bits per heavy atom. The van der Waals surface area contributed by atoms with Crippen molar-refractivity contribution in [1.29, 1.82) is 0 Å². The summed E-state index contributed by atoms with van der Waals surface area (Å²) in [5.74, 6) is -0.791. The van der Waals surface area contributed by atoms with Gasteiger partial charge in [-0.3, -0.25) is 9.59 Å². The van der Waals surface area contributed by atoms with Gasteiger partial charge in [-0.2, -0.15) is 0 Å². The van der Waals surface area contributed by atoms with E-state index in [-0.39, 0.29) is 17.9 Å². The zero-order valence-electron chi connectivity index (χ0n) is 11.6. The first-order valence-corrected chi connectivity index (χ1v) is 6.67. The number of rotatable bonds is 3. The lowest BCUT2D eigenvalue weighted by Gasteiger charge is -2.17. The van der Waals surface area contributed by atoms with Crippen molar-refractivity contribution in [1.82, 2.24) is 5.32 Å². The lowest BCUT2D eigenvalue weighted by Crippen LogP contribution is -2.39. The molecule has 19 heavy (non-hydrogen) atoms. The van der Waals surface area contributed by atoms with Gasteiger partial charge in [-0.25, -0.2) is 0 Å². The fraction of sp³-hybridized carbons (Fsp3) is 0.467. The largest absolute Gasteiger partial charge is 0.353 e. The summed E-state index contributed by atoms with van der Waals surface area (Å²) in [6.07, 6.45) is 0.589. The average Bonchev–Trinajstić information content (AvgIpc) is 2.71. The number of anilines is 1. The summed E-state index contributed by atoms with van der Waals surface area (Å²) >= 11 is 0. The predicted molar refractivity (Wildman–Crippen MR) is 74.9 cm³/mol. The highest BCUT2D eigenvalue weighted by Crippen LogP contribution is 2.25. The van der Waals surface area contributed by atoms with E-state index >= 15 is 0 Å². The monoisotopic (exact) mass is 260 g/mol. The molecule has 0 aliphatic carbocycles. The van der Waals surface area contributed by atoms with Crippen molar-refractivity contribution < 1.29 is 9.59 Å². The summed E-state index contributed by atoms with van der Waals surface area (Å²) in [7, 11) is 0. The van der Waals surface area contributed by atoms with Crippen LogP contribution in [0.5, 0.6) is 0 Å². The molecule has 102 valence electrons. The van der Waals surface area contributed by atoms with Gasteiger partial charge in [0.15, 0.2) is 0 Å². The maximum Gasteiger partial charge on any atom is 0.239 e. The van der Waals surface area contributed by atoms with Crippen LogP contribution in [0, 0.1) is 12.8 Å². The van der Waals surface area contributed by atoms with Gasteiger partial charge in [0, 0.05) is 18.3 Å². The Kier molecular flexibility index (Phi) is 3.88. The van der Waals surface area contributed by atoms with E-state index in [1.807, 2.05) is 45.0 Å². The summed E-state index contributed by atoms with van der Waals surface area (Å²) in [4.78, 5) is 25.9. The van der Waals surface area contributed by atoms with E-state index < -0.39 is 5.92 Å². The van der Waals surface area contributed by atoms with Gasteiger partial charge < -0.3 is 10.2 Å². The van der Waals surface area contributed by atoms with Crippen LogP contribution in [0.25, 0.3) is 0 Å². The van der Waals surface area contributed by atoms with E-state index in [1.54, 1.807) is 4.90 Å². The summed E-state index contributed by atoms with van der Waals surface area (Å²) in [6, 6.07) is 7.87. The summed E-state index contributed by atoms with van der Waals surface area (Å²) in [6.45, 7) is 6.41. The molecule has 1 aliphatic rings. The van der Waals surface area contributed by atoms with E-state index in [4.69, 9.17) is 0 Å². The van der Waals surface area contributed by atoms with Gasteiger partial charge in [0.05, 0.1) is 0 Å². The first kappa shape index (κ1) is 13.6. The number of carbonyl (C=O) groups is 2. The summed E-state index contributed by atoms with van der Waals surface area (Å²) in [5.41, 5.74) is 2.03. The SMILES string of the molecule is Cc1ccc(N2CCC(C(=O)NC(C)C)C2=O)cc1. The molecule has 0 aromatic heterocycles. The molecule has 1 aliphatic heterocycles. The quantitative estimate of drug-likeness (QED) is 0.843. The Bertz CT molecular complexity index is 479. The van der Waals surface area contributed by atoms with Crippen molar-refractivity contribution in [3.63, 3.8) is 0 Å². The Hall–Kier alpha value is -1.84. The minimum Gasteiger partial charge on any atom is -0.353 e. The van der Waals surface area contributed by atoms with Gasteiger partial charge in [-0.05, 0) is 39.3 Å². The molecule has 0 saturated carbocycles. The number of hydrogen-bond acceptors (Lipinski definition) is 2. The predicted octanol–water partition coefficient (Wildman–Crippen LogP) is 1.87. The molecule has 1 aromatic carbocycles. The molecule has 1 atom stereocenters. The molecule has 0 bridgehead atoms. The van der Waals surface area contributed by atoms with Crippen molar-refractivity contribution in [3.8, 4) is 0 Å². The number of carbonyl (C=O) groups excluding carboxylic acids is 2. The third kappa shape index (κ3) is 2.95. The van der Waals surface area contributed by atoms with E-state index in [0.29, 0.717) is 13.0 Å². The van der Waals surface area contributed by atoms with Crippen LogP contribution in [0.15, 0.2) is 24.3 Å². The lowest BCUT2D eigenvalue weighted by molar-refractivity contribution is -0.132. The van der Waals surface area contributed by atoms with Gasteiger partial charge in [-0.15, -0.1) is 0 Å². The van der Waals surface area contributed by atoms with Gasteiger partial charge in [0.25, 0.3) is 0 Å². The zero-order valence-corrected chi connectivity index (χ0v) is 11.6. The zero-order chi connectivity index (χ0) is 14.0. The second kappa shape index (κ2) is 5.43. The molecule has 1 fully saturated rings. The second-order valence-corrected chi connectivity index (χ2v) is 5.33. The average molecular weight is 260 g/mol. The first-order chi connectivity index (χ1) is 8.99. The number of nitrogens with zero attached hydrogens (tertiary/aromatic N) is 1. The van der Waals surface area contributed by atoms with Crippen molar-refractivity contribution in [2.45, 2.75) is 33.2 Å². The Morgan fingerprint density at radius 2 is 1.95 bits per heavy atom. The molecular weight excluding hydrogens is 240 g/mol. The van der Waals surface area contributed by atoms with Crippen LogP contribution in [-0.2, 0) is 9.59 Å². The molecule has 0 spiro atoms. The van der Waals surface area contributed by atoms with E-state index in [0.717, 1.165) is 11.3 Å². The van der Waals surface area contributed by atoms with E-state index in [9.17, 15) is 9.59 Å². The fourth-order valence-corrected chi connectivity index (χ4v) is 2.29. The third-order valence-corrected chi connectivity index (χ3v) is 3.30. The molecule has 1 N–H and O–H groups in total. The number of nitrogens with one attached hydrogen (secondary N) is 1. The molecule has 4 heteroatoms. The summed E-state index contributed by atoms with van der Waals surface area (Å²) in [5, 5.41) is 2.81. The molecule has 2 rings (SSSR count). The first-order valence-electron chi connectivity index (χ1n) is 6.67. The smallest absolute Gasteiger partial charge is 0.239 e. The Morgan fingerprint density at radius 1 is 1.32 bits per heavy atom. The van der Waals surface area contributed by atoms with Gasteiger partial charge >= 0.3 is 0 Å². The highest BCUT2D eigenvalue weighted by Gasteiger charge is 2.37. The lowest BCUT2D eigenvalue weighted by atomic mass is 10.1. The highest BCUT2D eigenvalue weighted by atomic mass is 16.2. The number of benzene rings is 1. The maximum atomic E-state index is 12.3. The van der Waals surface area contributed by atoms with Crippen LogP contribution in [0.3, 0.4) is 0 Å². The Balaban J connectivity index is 2.09. The summed E-state index contributed by atoms with van der Waals surface area (Å²) < 4.78 is 0. The van der Waals surface area contributed by atoms with Crippen molar-refractivity contribution in [2.75, 3.05) is 11.4 Å². The van der Waals surface area contributed by atoms with E-state index in [2.05, 4.69) is 5.32 Å². The van der Waals surface area contributed by atoms with Crippen molar-refractivity contribution >= 4 is 17.5 Å². The molecule has 1 unspecified atom stereocenters. The second-order valence-electron chi connectivity index (χ2n) is 5.33. The van der Waals surface area contributed by atoms with Gasteiger partial charge in [0.1, 0.15) is 5.92 Å². The topological polar surface area (TPSA) is 49.4 Å². The van der Waals surface area contributed by atoms with Gasteiger partial charge in [-0.1, -0.05) is 17.7 Å². The normalized spacial score (nSPS) is 19.1. The molecule has 4 nitrogen and oxygen atoms in total. The molecule has 1 saturated heterocycles. The highest BCUT2D eigenvalue weighted by molar-refractivity contribution is 6.09. The van der Waals surface area contributed by atoms with Crippen LogP contribution < -0.4 is 10.2 Å². The van der Waals surface area contributed by atoms with Crippen LogP contribution in [0.2, 0.25) is 0 Å². The maximum absolute atomic E-state index is 12.3. The minimum atomic E-state index is -0.538. The van der Waals surface area contributed by atoms with Crippen LogP contribution >= 0.6 is 0 Å². The number of amides is 2. The van der Waals surface area contributed by atoms with Crippen molar-refractivity contribution in [3.05, 3.63) is 29.8 Å². The van der Waals surface area contributed by atoms with Crippen molar-refractivity contribution in [2.24, 2.45) is 5.92 Å². The Labute approximate surface area is 113 Å². The fourth-order valence-electron chi connectivity index (χ4n) is 2.29. The number of hydrogen-bond donors (Lipinski definition) is 1. The molecule has 0 radical (unpaired) electrons. The van der Waals surface area contributed by atoms with Gasteiger partial charge in [0.2, 0.25) is 11.8 Å².